The van der Waals surface area contributed by atoms with Crippen molar-refractivity contribution in [1.82, 2.24) is 4.90 Å². The lowest BCUT2D eigenvalue weighted by Gasteiger charge is -2.27. The van der Waals surface area contributed by atoms with Gasteiger partial charge in [-0.05, 0) is 12.3 Å². The first-order chi connectivity index (χ1) is 7.97. The largest absolute Gasteiger partial charge is 0.468 e. The van der Waals surface area contributed by atoms with Crippen LogP contribution in [0.4, 0.5) is 0 Å². The number of esters is 1. The van der Waals surface area contributed by atoms with E-state index in [0.717, 1.165) is 6.42 Å². The van der Waals surface area contributed by atoms with Gasteiger partial charge in [0.2, 0.25) is 5.91 Å². The van der Waals surface area contributed by atoms with E-state index in [1.807, 2.05) is 20.8 Å². The summed E-state index contributed by atoms with van der Waals surface area (Å²) >= 11 is 0. The predicted molar refractivity (Wildman–Crippen MR) is 66.3 cm³/mol. The highest BCUT2D eigenvalue weighted by Gasteiger charge is 2.26. The van der Waals surface area contributed by atoms with E-state index in [1.54, 1.807) is 0 Å². The minimum Gasteiger partial charge on any atom is -0.468 e. The van der Waals surface area contributed by atoms with E-state index in [9.17, 15) is 9.59 Å². The molecular weight excluding hydrogens is 220 g/mol. The molecule has 0 spiro atoms. The van der Waals surface area contributed by atoms with E-state index >= 15 is 0 Å². The van der Waals surface area contributed by atoms with Gasteiger partial charge in [-0.25, -0.2) is 0 Å². The Morgan fingerprint density at radius 2 is 1.94 bits per heavy atom. The zero-order chi connectivity index (χ0) is 13.4. The lowest BCUT2D eigenvalue weighted by molar-refractivity contribution is -0.149. The third-order valence-corrected chi connectivity index (χ3v) is 2.73. The van der Waals surface area contributed by atoms with Gasteiger partial charge in [-0.3, -0.25) is 9.59 Å². The lowest BCUT2D eigenvalue weighted by Crippen LogP contribution is -2.44. The van der Waals surface area contributed by atoms with Crippen LogP contribution in [0.1, 0.15) is 27.2 Å². The number of hydrogen-bond donors (Lipinski definition) is 1. The van der Waals surface area contributed by atoms with Gasteiger partial charge in [0.1, 0.15) is 6.54 Å². The molecule has 0 aliphatic carbocycles. The van der Waals surface area contributed by atoms with Gasteiger partial charge in [-0.1, -0.05) is 20.8 Å². The third-order valence-electron chi connectivity index (χ3n) is 2.73. The molecule has 5 nitrogen and oxygen atoms in total. The first-order valence-electron chi connectivity index (χ1n) is 6.03. The fourth-order valence-corrected chi connectivity index (χ4v) is 1.65. The van der Waals surface area contributed by atoms with Crippen LogP contribution in [0.15, 0.2) is 0 Å². The topological polar surface area (TPSA) is 72.6 Å². The highest BCUT2D eigenvalue weighted by molar-refractivity contribution is 5.84. The van der Waals surface area contributed by atoms with Crippen LogP contribution in [-0.4, -0.2) is 43.5 Å². The second-order valence-corrected chi connectivity index (χ2v) is 4.42. The Bertz CT molecular complexity index is 254. The highest BCUT2D eigenvalue weighted by Crippen LogP contribution is 2.13. The molecule has 0 aromatic carbocycles. The average molecular weight is 244 g/mol. The van der Waals surface area contributed by atoms with Gasteiger partial charge in [-0.2, -0.15) is 0 Å². The van der Waals surface area contributed by atoms with Gasteiger partial charge in [0, 0.05) is 13.1 Å². The fourth-order valence-electron chi connectivity index (χ4n) is 1.65. The molecular formula is C12H24N2O3. The molecule has 1 atom stereocenters. The van der Waals surface area contributed by atoms with Crippen molar-refractivity contribution in [3.63, 3.8) is 0 Å². The van der Waals surface area contributed by atoms with Crippen LogP contribution in [0.5, 0.6) is 0 Å². The smallest absolute Gasteiger partial charge is 0.325 e. The number of carbonyl (C=O) groups is 2. The average Bonchev–Trinajstić information content (AvgIpc) is 2.28. The zero-order valence-corrected chi connectivity index (χ0v) is 11.2. The fraction of sp³-hybridized carbons (Fsp3) is 0.833. The predicted octanol–water partition coefficient (Wildman–Crippen LogP) is 0.629. The number of rotatable bonds is 7. The molecule has 100 valence electrons. The number of carbonyl (C=O) groups excluding carboxylic acids is 2. The van der Waals surface area contributed by atoms with Crippen LogP contribution >= 0.6 is 0 Å². The Hall–Kier alpha value is -1.10. The van der Waals surface area contributed by atoms with Crippen LogP contribution in [0.2, 0.25) is 0 Å². The molecule has 2 N–H and O–H groups in total. The third kappa shape index (κ3) is 5.17. The van der Waals surface area contributed by atoms with Crippen LogP contribution in [-0.2, 0) is 14.3 Å². The summed E-state index contributed by atoms with van der Waals surface area (Å²) in [4.78, 5) is 25.0. The van der Waals surface area contributed by atoms with Crippen molar-refractivity contribution >= 4 is 11.9 Å². The zero-order valence-electron chi connectivity index (χ0n) is 11.2. The maximum Gasteiger partial charge on any atom is 0.325 e. The van der Waals surface area contributed by atoms with Gasteiger partial charge >= 0.3 is 5.97 Å². The van der Waals surface area contributed by atoms with Crippen molar-refractivity contribution in [3.05, 3.63) is 0 Å². The molecule has 0 heterocycles. The number of nitrogens with zero attached hydrogens (tertiary/aromatic N) is 1. The number of amides is 1. The molecule has 0 aliphatic heterocycles. The molecule has 0 aliphatic rings. The van der Waals surface area contributed by atoms with Gasteiger partial charge in [0.05, 0.1) is 13.0 Å². The van der Waals surface area contributed by atoms with Gasteiger partial charge in [0.15, 0.2) is 0 Å². The Morgan fingerprint density at radius 3 is 2.29 bits per heavy atom. The van der Waals surface area contributed by atoms with E-state index in [1.165, 1.54) is 12.0 Å². The summed E-state index contributed by atoms with van der Waals surface area (Å²) in [7, 11) is 1.32. The SMILES string of the molecule is CCCN(CC(=O)OC)C(=O)C(CN)C(C)C. The summed E-state index contributed by atoms with van der Waals surface area (Å²) in [6.45, 7) is 6.74. The normalized spacial score (nSPS) is 12.4. The Balaban J connectivity index is 4.67. The molecule has 1 unspecified atom stereocenters. The van der Waals surface area contributed by atoms with Gasteiger partial charge < -0.3 is 15.4 Å². The molecule has 0 aromatic heterocycles. The summed E-state index contributed by atoms with van der Waals surface area (Å²) in [6.07, 6.45) is 0.804. The molecule has 0 radical (unpaired) electrons. The van der Waals surface area contributed by atoms with Crippen LogP contribution in [0.3, 0.4) is 0 Å². The summed E-state index contributed by atoms with van der Waals surface area (Å²) in [5.41, 5.74) is 5.61. The van der Waals surface area contributed by atoms with Crippen molar-refractivity contribution < 1.29 is 14.3 Å². The lowest BCUT2D eigenvalue weighted by atomic mass is 9.94. The summed E-state index contributed by atoms with van der Waals surface area (Å²) in [5.74, 6) is -0.517. The van der Waals surface area contributed by atoms with Crippen LogP contribution < -0.4 is 5.73 Å². The number of nitrogens with two attached hydrogens (primary N) is 1. The monoisotopic (exact) mass is 244 g/mol. The quantitative estimate of drug-likeness (QED) is 0.667. The Labute approximate surface area is 103 Å². The second kappa shape index (κ2) is 8.06. The molecule has 1 amide bonds. The van der Waals surface area contributed by atoms with Crippen molar-refractivity contribution in [2.45, 2.75) is 27.2 Å². The summed E-state index contributed by atoms with van der Waals surface area (Å²) < 4.78 is 4.59. The van der Waals surface area contributed by atoms with Crippen molar-refractivity contribution in [3.8, 4) is 0 Å². The Morgan fingerprint density at radius 1 is 1.35 bits per heavy atom. The van der Waals surface area contributed by atoms with Gasteiger partial charge in [-0.15, -0.1) is 0 Å². The van der Waals surface area contributed by atoms with Crippen molar-refractivity contribution in [1.29, 1.82) is 0 Å². The Kier molecular flexibility index (Phi) is 7.54. The van der Waals surface area contributed by atoms with E-state index in [2.05, 4.69) is 4.74 Å². The second-order valence-electron chi connectivity index (χ2n) is 4.42. The van der Waals surface area contributed by atoms with E-state index < -0.39 is 5.97 Å². The highest BCUT2D eigenvalue weighted by atomic mass is 16.5. The number of ether oxygens (including phenoxy) is 1. The van der Waals surface area contributed by atoms with E-state index in [-0.39, 0.29) is 24.3 Å². The molecule has 0 rings (SSSR count). The number of methoxy groups -OCH3 is 1. The maximum atomic E-state index is 12.2. The maximum absolute atomic E-state index is 12.2. The van der Waals surface area contributed by atoms with Crippen LogP contribution in [0, 0.1) is 11.8 Å². The minimum atomic E-state index is -0.397. The molecule has 0 bridgehead atoms. The van der Waals surface area contributed by atoms with Crippen molar-refractivity contribution in [2.24, 2.45) is 17.6 Å². The van der Waals surface area contributed by atoms with E-state index in [0.29, 0.717) is 13.1 Å². The molecule has 0 saturated heterocycles. The minimum absolute atomic E-state index is 0.00634. The summed E-state index contributed by atoms with van der Waals surface area (Å²) in [5, 5.41) is 0. The summed E-state index contributed by atoms with van der Waals surface area (Å²) in [6, 6.07) is 0. The van der Waals surface area contributed by atoms with Crippen molar-refractivity contribution in [2.75, 3.05) is 26.7 Å². The first-order valence-corrected chi connectivity index (χ1v) is 6.03. The number of hydrogen-bond acceptors (Lipinski definition) is 4. The molecule has 5 heteroatoms. The molecule has 0 aromatic rings. The van der Waals surface area contributed by atoms with Crippen LogP contribution in [0.25, 0.3) is 0 Å². The van der Waals surface area contributed by atoms with E-state index in [4.69, 9.17) is 5.73 Å². The van der Waals surface area contributed by atoms with Gasteiger partial charge in [0.25, 0.3) is 0 Å². The molecule has 17 heavy (non-hydrogen) atoms. The standard InChI is InChI=1S/C12H24N2O3/c1-5-6-14(8-11(15)17-4)12(16)10(7-13)9(2)3/h9-10H,5-8,13H2,1-4H3. The molecule has 0 fully saturated rings. The molecule has 0 saturated carbocycles. The first kappa shape index (κ1) is 15.9.